The molecule has 0 aliphatic carbocycles. The number of carbonyl (C=O) groups excluding carboxylic acids is 1. The normalized spacial score (nSPS) is 19.8. The smallest absolute Gasteiger partial charge is 0.281 e. The Balaban J connectivity index is 2.66. The summed E-state index contributed by atoms with van der Waals surface area (Å²) >= 11 is 7.95. The molecule has 3 nitrogen and oxygen atoms in total. The molecule has 6 heteroatoms. The first-order valence-electron chi connectivity index (χ1n) is 6.35. The molecule has 0 fully saturated rings. The highest BCUT2D eigenvalue weighted by Crippen LogP contribution is 2.41. The van der Waals surface area contributed by atoms with E-state index >= 15 is 0 Å². The number of amides is 1. The van der Waals surface area contributed by atoms with Crippen molar-refractivity contribution in [3.63, 3.8) is 0 Å². The van der Waals surface area contributed by atoms with Crippen LogP contribution in [0.2, 0.25) is 0 Å². The number of hydrogen-bond acceptors (Lipinski definition) is 5. The summed E-state index contributed by atoms with van der Waals surface area (Å²) in [6.45, 7) is 1.91. The van der Waals surface area contributed by atoms with E-state index in [0.717, 1.165) is 11.1 Å². The molecule has 1 amide bonds. The summed E-state index contributed by atoms with van der Waals surface area (Å²) in [7, 11) is 0. The first-order valence-corrected chi connectivity index (χ1v) is 8.97. The van der Waals surface area contributed by atoms with Gasteiger partial charge in [0.2, 0.25) is 5.54 Å². The molecule has 0 saturated heterocycles. The van der Waals surface area contributed by atoms with Crippen molar-refractivity contribution in [2.75, 3.05) is 12.0 Å². The molecule has 0 aromatic heterocycles. The van der Waals surface area contributed by atoms with Crippen LogP contribution in [-0.2, 0) is 5.54 Å². The van der Waals surface area contributed by atoms with Gasteiger partial charge in [-0.2, -0.15) is 5.26 Å². The molecular formula is C15H14N2OS3. The maximum absolute atomic E-state index is 12.4. The van der Waals surface area contributed by atoms with Crippen LogP contribution in [0.25, 0.3) is 6.08 Å². The lowest BCUT2D eigenvalue weighted by molar-refractivity contribution is 0.224. The van der Waals surface area contributed by atoms with Gasteiger partial charge in [-0.25, -0.2) is 0 Å². The molecule has 0 spiro atoms. The summed E-state index contributed by atoms with van der Waals surface area (Å²) < 4.78 is 0.479. The highest BCUT2D eigenvalue weighted by atomic mass is 32.2. The Kier molecular flexibility index (Phi) is 5.09. The number of fused-ring (bicyclic) bond motifs is 1. The van der Waals surface area contributed by atoms with E-state index in [0.29, 0.717) is 9.95 Å². The van der Waals surface area contributed by atoms with E-state index in [1.165, 1.54) is 28.4 Å². The number of carbonyl (C=O) groups is 1. The summed E-state index contributed by atoms with van der Waals surface area (Å²) in [5.41, 5.74) is 0.458. The van der Waals surface area contributed by atoms with E-state index in [-0.39, 0.29) is 5.24 Å². The van der Waals surface area contributed by atoms with Crippen LogP contribution >= 0.6 is 35.7 Å². The molecule has 1 atom stereocenters. The zero-order chi connectivity index (χ0) is 15.5. The van der Waals surface area contributed by atoms with Gasteiger partial charge < -0.3 is 0 Å². The van der Waals surface area contributed by atoms with Gasteiger partial charge >= 0.3 is 0 Å². The number of hydrogen-bond donors (Lipinski definition) is 0. The largest absolute Gasteiger partial charge is 0.287 e. The van der Waals surface area contributed by atoms with Crippen molar-refractivity contribution >= 4 is 51.3 Å². The standard InChI is InChI=1S/C15H14N2OS3/c1-3-21-14(18)17-9-8-11-6-4-5-7-12(11)15(17,10-16)13(19)20-2/h4-9H,3H2,1-2H3/t15-/m1/s1. The second-order valence-electron chi connectivity index (χ2n) is 4.29. The third kappa shape index (κ3) is 2.61. The second-order valence-corrected chi connectivity index (χ2v) is 6.98. The summed E-state index contributed by atoms with van der Waals surface area (Å²) in [6.07, 6.45) is 5.35. The van der Waals surface area contributed by atoms with E-state index in [1.807, 2.05) is 43.5 Å². The van der Waals surface area contributed by atoms with Gasteiger partial charge in [-0.3, -0.25) is 9.69 Å². The topological polar surface area (TPSA) is 44.1 Å². The van der Waals surface area contributed by atoms with E-state index in [4.69, 9.17) is 12.2 Å². The molecule has 2 rings (SSSR count). The van der Waals surface area contributed by atoms with Crippen molar-refractivity contribution in [1.29, 1.82) is 5.26 Å². The van der Waals surface area contributed by atoms with Gasteiger partial charge in [0.25, 0.3) is 5.24 Å². The van der Waals surface area contributed by atoms with E-state index in [1.54, 1.807) is 6.20 Å². The Morgan fingerprint density at radius 1 is 1.48 bits per heavy atom. The molecule has 0 bridgehead atoms. The highest BCUT2D eigenvalue weighted by molar-refractivity contribution is 8.22. The van der Waals surface area contributed by atoms with Crippen molar-refractivity contribution in [3.05, 3.63) is 41.6 Å². The van der Waals surface area contributed by atoms with Crippen molar-refractivity contribution in [3.8, 4) is 6.07 Å². The SMILES string of the molecule is CCSC(=O)N1C=Cc2ccccc2[C@]1(C#N)C(=S)SC. The number of rotatable bonds is 2. The van der Waals surface area contributed by atoms with Gasteiger partial charge in [-0.15, -0.1) is 11.8 Å². The number of nitrogens with zero attached hydrogens (tertiary/aromatic N) is 2. The van der Waals surface area contributed by atoms with Crippen LogP contribution in [0.4, 0.5) is 4.79 Å². The predicted octanol–water partition coefficient (Wildman–Crippen LogP) is 4.26. The Labute approximate surface area is 138 Å². The van der Waals surface area contributed by atoms with Gasteiger partial charge in [-0.1, -0.05) is 55.2 Å². The van der Waals surface area contributed by atoms with Crippen LogP contribution in [0.5, 0.6) is 0 Å². The molecule has 1 heterocycles. The fourth-order valence-corrected chi connectivity index (χ4v) is 3.66. The molecule has 0 unspecified atom stereocenters. The van der Waals surface area contributed by atoms with Crippen LogP contribution < -0.4 is 0 Å². The number of thiocarbonyl (C=S) groups is 1. The zero-order valence-corrected chi connectivity index (χ0v) is 14.1. The first-order chi connectivity index (χ1) is 10.1. The average molecular weight is 334 g/mol. The quantitative estimate of drug-likeness (QED) is 0.756. The van der Waals surface area contributed by atoms with Crippen molar-refractivity contribution in [1.82, 2.24) is 4.90 Å². The summed E-state index contributed by atoms with van der Waals surface area (Å²) in [5, 5.41) is 9.72. The summed E-state index contributed by atoms with van der Waals surface area (Å²) in [5.74, 6) is 0.651. The maximum Gasteiger partial charge on any atom is 0.287 e. The molecule has 21 heavy (non-hydrogen) atoms. The highest BCUT2D eigenvalue weighted by Gasteiger charge is 2.47. The lowest BCUT2D eigenvalue weighted by atomic mass is 9.85. The molecule has 0 saturated carbocycles. The van der Waals surface area contributed by atoms with Gasteiger partial charge in [0.15, 0.2) is 0 Å². The van der Waals surface area contributed by atoms with Crippen LogP contribution in [0.15, 0.2) is 30.5 Å². The lowest BCUT2D eigenvalue weighted by Crippen LogP contribution is -2.50. The molecular weight excluding hydrogens is 320 g/mol. The fourth-order valence-electron chi connectivity index (χ4n) is 2.27. The van der Waals surface area contributed by atoms with E-state index in [9.17, 15) is 10.1 Å². The minimum atomic E-state index is -1.22. The minimum absolute atomic E-state index is 0.166. The first kappa shape index (κ1) is 16.1. The molecule has 1 aliphatic heterocycles. The molecule has 0 radical (unpaired) electrons. The van der Waals surface area contributed by atoms with Crippen LogP contribution in [0.1, 0.15) is 18.1 Å². The molecule has 1 aromatic rings. The monoisotopic (exact) mass is 334 g/mol. The average Bonchev–Trinajstić information content (AvgIpc) is 2.53. The van der Waals surface area contributed by atoms with Gasteiger partial charge in [0.1, 0.15) is 6.07 Å². The molecule has 1 aromatic carbocycles. The summed E-state index contributed by atoms with van der Waals surface area (Å²) in [6, 6.07) is 9.85. The van der Waals surface area contributed by atoms with Crippen molar-refractivity contribution in [2.45, 2.75) is 12.5 Å². The van der Waals surface area contributed by atoms with E-state index in [2.05, 4.69) is 6.07 Å². The van der Waals surface area contributed by atoms with E-state index < -0.39 is 5.54 Å². The molecule has 0 N–H and O–H groups in total. The van der Waals surface area contributed by atoms with Crippen LogP contribution in [0.3, 0.4) is 0 Å². The zero-order valence-electron chi connectivity index (χ0n) is 11.7. The Bertz CT molecular complexity index is 651. The second kappa shape index (κ2) is 6.65. The number of thioether (sulfide) groups is 2. The van der Waals surface area contributed by atoms with Crippen LogP contribution in [-0.4, -0.2) is 26.3 Å². The Hall–Kier alpha value is -1.29. The number of nitriles is 1. The third-order valence-corrected chi connectivity index (χ3v) is 5.42. The Morgan fingerprint density at radius 2 is 2.19 bits per heavy atom. The minimum Gasteiger partial charge on any atom is -0.281 e. The summed E-state index contributed by atoms with van der Waals surface area (Å²) in [4.78, 5) is 13.9. The van der Waals surface area contributed by atoms with Gasteiger partial charge in [0.05, 0.1) is 4.20 Å². The lowest BCUT2D eigenvalue weighted by Gasteiger charge is -2.39. The third-order valence-electron chi connectivity index (χ3n) is 3.22. The van der Waals surface area contributed by atoms with Crippen LogP contribution in [0, 0.1) is 11.3 Å². The van der Waals surface area contributed by atoms with Crippen molar-refractivity contribution < 1.29 is 4.79 Å². The van der Waals surface area contributed by atoms with Gasteiger partial charge in [-0.05, 0) is 23.6 Å². The molecule has 108 valence electrons. The van der Waals surface area contributed by atoms with Gasteiger partial charge in [0, 0.05) is 11.8 Å². The van der Waals surface area contributed by atoms with Crippen molar-refractivity contribution in [2.24, 2.45) is 0 Å². The number of benzene rings is 1. The maximum atomic E-state index is 12.4. The predicted molar refractivity (Wildman–Crippen MR) is 94.2 cm³/mol. The Morgan fingerprint density at radius 3 is 2.81 bits per heavy atom. The fraction of sp³-hybridized carbons (Fsp3) is 0.267. The molecule has 1 aliphatic rings.